The standard InChI is InChI=1S/C25H27F2N5O3.HI/c1-16-11-20(23(33)28-2)21(29-13-17-5-3-4-6-22(17)35-24(26)27)12-19(16)18-14-30-25(31-15-18)32-7-9-34-10-8-32;/h3-6,11-12,14-15,24,29H,7-10,13H2,1-2H3,(H,28,33);1H. The topological polar surface area (TPSA) is 88.6 Å². The number of ether oxygens (including phenoxy) is 2. The van der Waals surface area contributed by atoms with Gasteiger partial charge < -0.3 is 25.0 Å². The van der Waals surface area contributed by atoms with Gasteiger partial charge in [-0.3, -0.25) is 4.79 Å². The van der Waals surface area contributed by atoms with Gasteiger partial charge in [0, 0.05) is 55.9 Å². The Bertz CT molecular complexity index is 1170. The van der Waals surface area contributed by atoms with E-state index in [-0.39, 0.29) is 42.2 Å². The molecule has 0 radical (unpaired) electrons. The van der Waals surface area contributed by atoms with Gasteiger partial charge in [-0.15, -0.1) is 24.0 Å². The molecule has 36 heavy (non-hydrogen) atoms. The van der Waals surface area contributed by atoms with E-state index in [1.165, 1.54) is 6.07 Å². The Morgan fingerprint density at radius 1 is 1.17 bits per heavy atom. The summed E-state index contributed by atoms with van der Waals surface area (Å²) in [6.45, 7) is 1.93. The van der Waals surface area contributed by atoms with Crippen molar-refractivity contribution in [3.05, 3.63) is 65.5 Å². The molecule has 11 heteroatoms. The molecule has 2 N–H and O–H groups in total. The lowest BCUT2D eigenvalue weighted by Crippen LogP contribution is -2.37. The number of aryl methyl sites for hydroxylation is 1. The Morgan fingerprint density at radius 2 is 1.86 bits per heavy atom. The van der Waals surface area contributed by atoms with Crippen molar-refractivity contribution in [1.29, 1.82) is 0 Å². The van der Waals surface area contributed by atoms with Gasteiger partial charge in [-0.1, -0.05) is 18.2 Å². The van der Waals surface area contributed by atoms with Crippen LogP contribution >= 0.6 is 24.0 Å². The number of rotatable bonds is 8. The second-order valence-electron chi connectivity index (χ2n) is 8.00. The quantitative estimate of drug-likeness (QED) is 0.364. The van der Waals surface area contributed by atoms with Crippen molar-refractivity contribution in [2.45, 2.75) is 20.1 Å². The molecule has 0 unspecified atom stereocenters. The minimum atomic E-state index is -2.93. The number of alkyl halides is 2. The van der Waals surface area contributed by atoms with E-state index >= 15 is 0 Å². The fourth-order valence-corrected chi connectivity index (χ4v) is 3.93. The van der Waals surface area contributed by atoms with Gasteiger partial charge in [-0.2, -0.15) is 8.78 Å². The minimum absolute atomic E-state index is 0. The Morgan fingerprint density at radius 3 is 2.53 bits per heavy atom. The number of hydrogen-bond donors (Lipinski definition) is 2. The summed E-state index contributed by atoms with van der Waals surface area (Å²) in [6, 6.07) is 10.2. The second-order valence-corrected chi connectivity index (χ2v) is 8.00. The van der Waals surface area contributed by atoms with Gasteiger partial charge >= 0.3 is 6.61 Å². The average Bonchev–Trinajstić information content (AvgIpc) is 2.88. The number of benzene rings is 2. The summed E-state index contributed by atoms with van der Waals surface area (Å²) in [7, 11) is 1.55. The summed E-state index contributed by atoms with van der Waals surface area (Å²) in [5.74, 6) is 0.458. The minimum Gasteiger partial charge on any atom is -0.434 e. The molecule has 2 aromatic carbocycles. The molecule has 0 aliphatic carbocycles. The number of nitrogens with zero attached hydrogens (tertiary/aromatic N) is 3. The predicted molar refractivity (Wildman–Crippen MR) is 144 cm³/mol. The maximum absolute atomic E-state index is 12.8. The zero-order valence-electron chi connectivity index (χ0n) is 20.0. The maximum Gasteiger partial charge on any atom is 0.387 e. The SMILES string of the molecule is CNC(=O)c1cc(C)c(-c2cnc(N3CCOCC3)nc2)cc1NCc1ccccc1OC(F)F.I. The molecule has 192 valence electrons. The number of morpholine rings is 1. The van der Waals surface area contributed by atoms with Crippen molar-refractivity contribution < 1.29 is 23.0 Å². The van der Waals surface area contributed by atoms with E-state index in [4.69, 9.17) is 4.74 Å². The van der Waals surface area contributed by atoms with Crippen molar-refractivity contribution in [2.75, 3.05) is 43.6 Å². The highest BCUT2D eigenvalue weighted by Crippen LogP contribution is 2.31. The van der Waals surface area contributed by atoms with Crippen LogP contribution in [0, 0.1) is 6.92 Å². The van der Waals surface area contributed by atoms with Crippen molar-refractivity contribution in [3.8, 4) is 16.9 Å². The lowest BCUT2D eigenvalue weighted by Gasteiger charge is -2.26. The largest absolute Gasteiger partial charge is 0.434 e. The number of amides is 1. The van der Waals surface area contributed by atoms with Crippen LogP contribution in [0.3, 0.4) is 0 Å². The molecule has 1 aliphatic heterocycles. The van der Waals surface area contributed by atoms with E-state index in [1.54, 1.807) is 43.7 Å². The Labute approximate surface area is 225 Å². The molecule has 0 saturated carbocycles. The number of nitrogens with one attached hydrogen (secondary N) is 2. The highest BCUT2D eigenvalue weighted by atomic mass is 127. The molecule has 1 saturated heterocycles. The molecule has 8 nitrogen and oxygen atoms in total. The van der Waals surface area contributed by atoms with Crippen molar-refractivity contribution in [2.24, 2.45) is 0 Å². The zero-order chi connectivity index (χ0) is 24.8. The van der Waals surface area contributed by atoms with Crippen LogP contribution in [0.4, 0.5) is 20.4 Å². The number of para-hydroxylation sites is 1. The molecule has 1 aromatic heterocycles. The van der Waals surface area contributed by atoms with E-state index in [9.17, 15) is 13.6 Å². The van der Waals surface area contributed by atoms with Crippen molar-refractivity contribution in [3.63, 3.8) is 0 Å². The van der Waals surface area contributed by atoms with E-state index in [0.29, 0.717) is 36.0 Å². The van der Waals surface area contributed by atoms with Crippen molar-refractivity contribution >= 4 is 41.5 Å². The van der Waals surface area contributed by atoms with Gasteiger partial charge in [0.15, 0.2) is 0 Å². The molecule has 0 bridgehead atoms. The van der Waals surface area contributed by atoms with Crippen LogP contribution in [0.15, 0.2) is 48.8 Å². The molecule has 0 spiro atoms. The first kappa shape index (κ1) is 27.5. The first-order chi connectivity index (χ1) is 17.0. The van der Waals surface area contributed by atoms with Gasteiger partial charge in [0.2, 0.25) is 5.95 Å². The second kappa shape index (κ2) is 12.8. The van der Waals surface area contributed by atoms with Crippen molar-refractivity contribution in [1.82, 2.24) is 15.3 Å². The zero-order valence-corrected chi connectivity index (χ0v) is 22.3. The summed E-state index contributed by atoms with van der Waals surface area (Å²) < 4.78 is 35.6. The van der Waals surface area contributed by atoms with Crippen LogP contribution in [0.2, 0.25) is 0 Å². The van der Waals surface area contributed by atoms with Crippen LogP contribution in [-0.2, 0) is 11.3 Å². The Hall–Kier alpha value is -3.06. The van der Waals surface area contributed by atoms with Gasteiger partial charge in [0.05, 0.1) is 18.8 Å². The summed E-state index contributed by atoms with van der Waals surface area (Å²) >= 11 is 0. The van der Waals surface area contributed by atoms with Gasteiger partial charge in [-0.05, 0) is 36.2 Å². The van der Waals surface area contributed by atoms with Gasteiger partial charge in [-0.25, -0.2) is 9.97 Å². The fraction of sp³-hybridized carbons (Fsp3) is 0.320. The highest BCUT2D eigenvalue weighted by Gasteiger charge is 2.17. The highest BCUT2D eigenvalue weighted by molar-refractivity contribution is 14.0. The number of aromatic nitrogens is 2. The van der Waals surface area contributed by atoms with E-state index in [1.807, 2.05) is 13.0 Å². The third kappa shape index (κ3) is 6.58. The van der Waals surface area contributed by atoms with E-state index in [0.717, 1.165) is 29.8 Å². The average molecular weight is 611 g/mol. The van der Waals surface area contributed by atoms with Gasteiger partial charge in [0.1, 0.15) is 5.75 Å². The molecular formula is C25H28F2IN5O3. The third-order valence-corrected chi connectivity index (χ3v) is 5.74. The first-order valence-corrected chi connectivity index (χ1v) is 11.2. The molecule has 1 amide bonds. The maximum atomic E-state index is 12.8. The van der Waals surface area contributed by atoms with Crippen LogP contribution in [0.5, 0.6) is 5.75 Å². The molecule has 1 fully saturated rings. The Kier molecular flexibility index (Phi) is 9.76. The van der Waals surface area contributed by atoms with E-state index in [2.05, 4.69) is 30.2 Å². The summed E-state index contributed by atoms with van der Waals surface area (Å²) in [6.07, 6.45) is 3.52. The van der Waals surface area contributed by atoms with E-state index < -0.39 is 6.61 Å². The number of hydrogen-bond acceptors (Lipinski definition) is 7. The molecule has 4 rings (SSSR count). The summed E-state index contributed by atoms with van der Waals surface area (Å²) in [5.41, 5.74) is 4.05. The first-order valence-electron chi connectivity index (χ1n) is 11.2. The lowest BCUT2D eigenvalue weighted by molar-refractivity contribution is -0.0504. The number of carbonyl (C=O) groups is 1. The third-order valence-electron chi connectivity index (χ3n) is 5.74. The fourth-order valence-electron chi connectivity index (χ4n) is 3.93. The van der Waals surface area contributed by atoms with Crippen LogP contribution < -0.4 is 20.3 Å². The molecular weight excluding hydrogens is 583 g/mol. The van der Waals surface area contributed by atoms with Crippen LogP contribution in [-0.4, -0.2) is 55.8 Å². The molecule has 3 aromatic rings. The number of halogens is 3. The monoisotopic (exact) mass is 611 g/mol. The van der Waals surface area contributed by atoms with Crippen LogP contribution in [0.1, 0.15) is 21.5 Å². The van der Waals surface area contributed by atoms with Gasteiger partial charge in [0.25, 0.3) is 5.91 Å². The smallest absolute Gasteiger partial charge is 0.387 e. The summed E-state index contributed by atoms with van der Waals surface area (Å²) in [4.78, 5) is 23.7. The normalized spacial score (nSPS) is 13.2. The number of carbonyl (C=O) groups excluding carboxylic acids is 1. The molecule has 2 heterocycles. The van der Waals surface area contributed by atoms with Crippen LogP contribution in [0.25, 0.3) is 11.1 Å². The lowest BCUT2D eigenvalue weighted by atomic mass is 9.98. The predicted octanol–water partition coefficient (Wildman–Crippen LogP) is 4.48. The summed E-state index contributed by atoms with van der Waals surface area (Å²) in [5, 5.41) is 5.85. The Balaban J connectivity index is 0.00000361. The number of anilines is 2. The molecule has 1 aliphatic rings. The molecule has 0 atom stereocenters.